The molecule has 0 saturated heterocycles. The number of aliphatic hydroxyl groups is 1. The first-order chi connectivity index (χ1) is 11.7. The van der Waals surface area contributed by atoms with Crippen molar-refractivity contribution in [2.75, 3.05) is 5.73 Å². The standard InChI is InChI=1S/C18H20N4O2/c19-18-10-17(24-13-4-2-12(23)3-5-13)14-6-1-11(9-16(14)21-18)15-7-8-20-22-15/h1,6-10,12-13,23H,2-5H2,(H2,19,21)(H,20,22)/t12-,13-. The van der Waals surface area contributed by atoms with Crippen molar-refractivity contribution in [1.82, 2.24) is 15.2 Å². The molecule has 0 unspecified atom stereocenters. The summed E-state index contributed by atoms with van der Waals surface area (Å²) < 4.78 is 6.18. The second-order valence-electron chi connectivity index (χ2n) is 6.30. The monoisotopic (exact) mass is 324 g/mol. The van der Waals surface area contributed by atoms with E-state index in [0.29, 0.717) is 5.82 Å². The molecular weight excluding hydrogens is 304 g/mol. The Labute approximate surface area is 139 Å². The Morgan fingerprint density at radius 2 is 1.96 bits per heavy atom. The number of hydrogen-bond acceptors (Lipinski definition) is 5. The van der Waals surface area contributed by atoms with Crippen LogP contribution in [-0.4, -0.2) is 32.5 Å². The van der Waals surface area contributed by atoms with Gasteiger partial charge in [-0.1, -0.05) is 6.07 Å². The number of nitrogens with one attached hydrogen (secondary N) is 1. The molecule has 124 valence electrons. The van der Waals surface area contributed by atoms with Crippen molar-refractivity contribution in [3.05, 3.63) is 36.5 Å². The summed E-state index contributed by atoms with van der Waals surface area (Å²) in [6.07, 6.45) is 4.93. The van der Waals surface area contributed by atoms with Crippen LogP contribution in [0.15, 0.2) is 36.5 Å². The molecule has 24 heavy (non-hydrogen) atoms. The molecule has 6 nitrogen and oxygen atoms in total. The molecule has 0 spiro atoms. The van der Waals surface area contributed by atoms with Crippen LogP contribution in [-0.2, 0) is 0 Å². The minimum absolute atomic E-state index is 0.116. The van der Waals surface area contributed by atoms with Crippen molar-refractivity contribution < 1.29 is 9.84 Å². The van der Waals surface area contributed by atoms with Crippen LogP contribution in [0.4, 0.5) is 5.82 Å². The number of aromatic nitrogens is 3. The van der Waals surface area contributed by atoms with E-state index in [1.807, 2.05) is 24.3 Å². The molecule has 1 aromatic carbocycles. The summed E-state index contributed by atoms with van der Waals surface area (Å²) >= 11 is 0. The molecule has 6 heteroatoms. The van der Waals surface area contributed by atoms with Gasteiger partial charge in [-0.3, -0.25) is 5.10 Å². The van der Waals surface area contributed by atoms with E-state index >= 15 is 0 Å². The number of benzene rings is 1. The zero-order chi connectivity index (χ0) is 16.5. The first-order valence-corrected chi connectivity index (χ1v) is 8.24. The third-order valence-corrected chi connectivity index (χ3v) is 4.54. The molecule has 1 aliphatic rings. The SMILES string of the molecule is Nc1cc(O[C@H]2CC[C@H](O)CC2)c2ccc(-c3ccn[nH]3)cc2n1. The van der Waals surface area contributed by atoms with Gasteiger partial charge in [0.05, 0.1) is 23.4 Å². The molecule has 4 N–H and O–H groups in total. The second kappa shape index (κ2) is 6.13. The number of aromatic amines is 1. The van der Waals surface area contributed by atoms with Crippen LogP contribution in [0.25, 0.3) is 22.2 Å². The highest BCUT2D eigenvalue weighted by molar-refractivity contribution is 5.90. The quantitative estimate of drug-likeness (QED) is 0.688. The number of anilines is 1. The maximum atomic E-state index is 9.64. The van der Waals surface area contributed by atoms with Gasteiger partial charge in [-0.2, -0.15) is 5.10 Å². The van der Waals surface area contributed by atoms with Crippen molar-refractivity contribution >= 4 is 16.7 Å². The van der Waals surface area contributed by atoms with E-state index < -0.39 is 0 Å². The Bertz CT molecular complexity index is 840. The van der Waals surface area contributed by atoms with E-state index in [-0.39, 0.29) is 12.2 Å². The van der Waals surface area contributed by atoms with Crippen LogP contribution >= 0.6 is 0 Å². The van der Waals surface area contributed by atoms with E-state index in [1.54, 1.807) is 12.3 Å². The average Bonchev–Trinajstić information content (AvgIpc) is 3.11. The number of nitrogens with zero attached hydrogens (tertiary/aromatic N) is 2. The molecule has 0 radical (unpaired) electrons. The molecule has 3 aromatic rings. The molecule has 4 rings (SSSR count). The van der Waals surface area contributed by atoms with Gasteiger partial charge in [-0.25, -0.2) is 4.98 Å². The predicted molar refractivity (Wildman–Crippen MR) is 92.6 cm³/mol. The first-order valence-electron chi connectivity index (χ1n) is 8.24. The Balaban J connectivity index is 1.68. The molecule has 2 heterocycles. The molecule has 1 saturated carbocycles. The number of fused-ring (bicyclic) bond motifs is 1. The van der Waals surface area contributed by atoms with Gasteiger partial charge >= 0.3 is 0 Å². The van der Waals surface area contributed by atoms with Crippen LogP contribution < -0.4 is 10.5 Å². The van der Waals surface area contributed by atoms with Crippen molar-refractivity contribution in [1.29, 1.82) is 0 Å². The number of H-pyrrole nitrogens is 1. The smallest absolute Gasteiger partial charge is 0.132 e. The number of nitrogen functional groups attached to an aromatic ring is 1. The van der Waals surface area contributed by atoms with Gasteiger partial charge in [0.15, 0.2) is 0 Å². The zero-order valence-electron chi connectivity index (χ0n) is 13.3. The lowest BCUT2D eigenvalue weighted by molar-refractivity contribution is 0.0673. The van der Waals surface area contributed by atoms with Gasteiger partial charge in [0.25, 0.3) is 0 Å². The van der Waals surface area contributed by atoms with Gasteiger partial charge < -0.3 is 15.6 Å². The minimum Gasteiger partial charge on any atom is -0.490 e. The molecule has 0 aliphatic heterocycles. The molecular formula is C18H20N4O2. The fourth-order valence-electron chi connectivity index (χ4n) is 3.24. The summed E-state index contributed by atoms with van der Waals surface area (Å²) in [5.41, 5.74) is 8.71. The summed E-state index contributed by atoms with van der Waals surface area (Å²) in [4.78, 5) is 4.44. The third-order valence-electron chi connectivity index (χ3n) is 4.54. The van der Waals surface area contributed by atoms with Crippen molar-refractivity contribution in [3.8, 4) is 17.0 Å². The average molecular weight is 324 g/mol. The highest BCUT2D eigenvalue weighted by atomic mass is 16.5. The normalized spacial score (nSPS) is 21.0. The van der Waals surface area contributed by atoms with Gasteiger partial charge in [0.2, 0.25) is 0 Å². The van der Waals surface area contributed by atoms with Gasteiger partial charge in [0, 0.05) is 23.2 Å². The summed E-state index contributed by atoms with van der Waals surface area (Å²) in [7, 11) is 0. The van der Waals surface area contributed by atoms with E-state index in [2.05, 4.69) is 15.2 Å². The topological polar surface area (TPSA) is 97.0 Å². The summed E-state index contributed by atoms with van der Waals surface area (Å²) in [5, 5.41) is 17.5. The molecule has 0 atom stereocenters. The zero-order valence-corrected chi connectivity index (χ0v) is 13.3. The molecule has 1 fully saturated rings. The number of nitrogens with two attached hydrogens (primary N) is 1. The Morgan fingerprint density at radius 3 is 2.71 bits per heavy atom. The molecule has 0 amide bonds. The highest BCUT2D eigenvalue weighted by Crippen LogP contribution is 2.32. The predicted octanol–water partition coefficient (Wildman–Crippen LogP) is 2.89. The lowest BCUT2D eigenvalue weighted by Gasteiger charge is -2.26. The highest BCUT2D eigenvalue weighted by Gasteiger charge is 2.21. The van der Waals surface area contributed by atoms with E-state index in [1.165, 1.54) is 0 Å². The van der Waals surface area contributed by atoms with Crippen LogP contribution in [0, 0.1) is 0 Å². The Kier molecular flexibility index (Phi) is 3.82. The maximum absolute atomic E-state index is 9.64. The molecule has 0 bridgehead atoms. The Hall–Kier alpha value is -2.60. The number of ether oxygens (including phenoxy) is 1. The number of rotatable bonds is 3. The van der Waals surface area contributed by atoms with Gasteiger partial charge in [-0.15, -0.1) is 0 Å². The van der Waals surface area contributed by atoms with Crippen LogP contribution in [0.2, 0.25) is 0 Å². The minimum atomic E-state index is -0.193. The van der Waals surface area contributed by atoms with Crippen LogP contribution in [0.1, 0.15) is 25.7 Å². The fraction of sp³-hybridized carbons (Fsp3) is 0.333. The molecule has 2 aromatic heterocycles. The van der Waals surface area contributed by atoms with Gasteiger partial charge in [-0.05, 0) is 43.9 Å². The third kappa shape index (κ3) is 2.92. The van der Waals surface area contributed by atoms with Gasteiger partial charge in [0.1, 0.15) is 11.6 Å². The van der Waals surface area contributed by atoms with E-state index in [0.717, 1.165) is 53.6 Å². The number of pyridine rings is 1. The summed E-state index contributed by atoms with van der Waals surface area (Å²) in [6.45, 7) is 0. The first kappa shape index (κ1) is 15.0. The lowest BCUT2D eigenvalue weighted by Crippen LogP contribution is -2.26. The molecule has 1 aliphatic carbocycles. The maximum Gasteiger partial charge on any atom is 0.132 e. The van der Waals surface area contributed by atoms with Crippen molar-refractivity contribution in [2.24, 2.45) is 0 Å². The summed E-state index contributed by atoms with van der Waals surface area (Å²) in [6, 6.07) is 9.70. The number of aliphatic hydroxyl groups excluding tert-OH is 1. The fourth-order valence-corrected chi connectivity index (χ4v) is 3.24. The van der Waals surface area contributed by atoms with Crippen molar-refractivity contribution in [3.63, 3.8) is 0 Å². The number of hydrogen-bond donors (Lipinski definition) is 3. The van der Waals surface area contributed by atoms with E-state index in [9.17, 15) is 5.11 Å². The second-order valence-corrected chi connectivity index (χ2v) is 6.30. The van der Waals surface area contributed by atoms with Crippen LogP contribution in [0.3, 0.4) is 0 Å². The largest absolute Gasteiger partial charge is 0.490 e. The summed E-state index contributed by atoms with van der Waals surface area (Å²) in [5.74, 6) is 1.20. The Morgan fingerprint density at radius 1 is 1.12 bits per heavy atom. The van der Waals surface area contributed by atoms with Crippen LogP contribution in [0.5, 0.6) is 5.75 Å². The van der Waals surface area contributed by atoms with E-state index in [4.69, 9.17) is 10.5 Å². The van der Waals surface area contributed by atoms with Crippen molar-refractivity contribution in [2.45, 2.75) is 37.9 Å². The lowest BCUT2D eigenvalue weighted by atomic mass is 9.95.